The van der Waals surface area contributed by atoms with Gasteiger partial charge in [-0.05, 0) is 56.0 Å². The number of ether oxygens (including phenoxy) is 5. The van der Waals surface area contributed by atoms with Gasteiger partial charge in [0.15, 0.2) is 11.9 Å². The molecule has 3 unspecified atom stereocenters. The molecule has 0 bridgehead atoms. The van der Waals surface area contributed by atoms with E-state index in [-0.39, 0.29) is 74.2 Å². The summed E-state index contributed by atoms with van der Waals surface area (Å²) in [7, 11) is -4.14. The van der Waals surface area contributed by atoms with Gasteiger partial charge >= 0.3 is 12.1 Å². The first-order chi connectivity index (χ1) is 29.0. The standard InChI is InChI=1S/C40H44F3N5O11S2/c1-26(60-32-20-55-38(56-21-32)6-4-3-5-30-8-7-29(19-44)17-34(30)42)40(23-48-25-45-24-46-48,33-10-9-31(41)18-35(33)43)59-39(51)58-27(2)57-37(50)12-11-36(49)47-15-13-28(14-16-47)22-61(52,53)54/h3-10,17-18,24-28,32,38H,11-16,20-23H2,1-2H3,(H,52,53,54). The van der Waals surface area contributed by atoms with Crippen LogP contribution in [0, 0.1) is 34.7 Å². The van der Waals surface area contributed by atoms with E-state index < -0.39 is 74.1 Å². The molecule has 1 N–H and O–H groups in total. The minimum atomic E-state index is -4.14. The quantitative estimate of drug-likeness (QED) is 0.0763. The van der Waals surface area contributed by atoms with Gasteiger partial charge in [0.1, 0.15) is 30.1 Å². The molecule has 2 saturated heterocycles. The second kappa shape index (κ2) is 21.5. The van der Waals surface area contributed by atoms with Gasteiger partial charge < -0.3 is 28.6 Å². The van der Waals surface area contributed by atoms with Crippen LogP contribution in [0.1, 0.15) is 56.2 Å². The second-order valence-corrected chi connectivity index (χ2v) is 17.4. The molecule has 0 aliphatic carbocycles. The monoisotopic (exact) mass is 891 g/mol. The molecule has 0 radical (unpaired) electrons. The molecular formula is C40H44F3N5O11S2. The molecule has 21 heteroatoms. The van der Waals surface area contributed by atoms with Crippen LogP contribution in [-0.4, -0.2) is 106 Å². The number of esters is 1. The van der Waals surface area contributed by atoms with E-state index in [1.807, 2.05) is 6.07 Å². The van der Waals surface area contributed by atoms with Crippen molar-refractivity contribution in [1.29, 1.82) is 5.26 Å². The molecule has 1 amide bonds. The van der Waals surface area contributed by atoms with E-state index in [9.17, 15) is 31.6 Å². The highest BCUT2D eigenvalue weighted by molar-refractivity contribution is 8.00. The lowest BCUT2D eigenvalue weighted by Gasteiger charge is -2.40. The number of thioether (sulfide) groups is 1. The molecule has 1 aromatic heterocycles. The van der Waals surface area contributed by atoms with Crippen molar-refractivity contribution >= 4 is 46.0 Å². The molecule has 3 atom stereocenters. The Balaban J connectivity index is 1.21. The number of nitrogens with zero attached hydrogens (tertiary/aromatic N) is 5. The predicted octanol–water partition coefficient (Wildman–Crippen LogP) is 5.54. The van der Waals surface area contributed by atoms with E-state index in [0.717, 1.165) is 18.2 Å². The first kappa shape index (κ1) is 46.8. The Morgan fingerprint density at radius 3 is 2.43 bits per heavy atom. The van der Waals surface area contributed by atoms with Crippen LogP contribution >= 0.6 is 11.8 Å². The molecule has 16 nitrogen and oxygen atoms in total. The maximum Gasteiger partial charge on any atom is 0.512 e. The van der Waals surface area contributed by atoms with Crippen molar-refractivity contribution in [2.24, 2.45) is 5.92 Å². The number of aromatic nitrogens is 3. The van der Waals surface area contributed by atoms with Crippen LogP contribution in [0.4, 0.5) is 18.0 Å². The Labute approximate surface area is 354 Å². The maximum absolute atomic E-state index is 15.8. The van der Waals surface area contributed by atoms with E-state index >= 15 is 4.39 Å². The number of carbonyl (C=O) groups excluding carboxylic acids is 3. The zero-order chi connectivity index (χ0) is 44.2. The van der Waals surface area contributed by atoms with Gasteiger partial charge in [-0.15, -0.1) is 11.8 Å². The lowest BCUT2D eigenvalue weighted by Crippen LogP contribution is -2.47. The third-order valence-corrected chi connectivity index (χ3v) is 12.1. The highest BCUT2D eigenvalue weighted by Gasteiger charge is 2.47. The number of nitriles is 1. The zero-order valence-corrected chi connectivity index (χ0v) is 34.7. The number of hydrogen-bond acceptors (Lipinski definition) is 14. The Morgan fingerprint density at radius 2 is 1.79 bits per heavy atom. The molecule has 2 aliphatic heterocycles. The number of hydrogen-bond donors (Lipinski definition) is 1. The minimum Gasteiger partial charge on any atom is -0.425 e. The molecule has 2 fully saturated rings. The highest BCUT2D eigenvalue weighted by atomic mass is 32.2. The summed E-state index contributed by atoms with van der Waals surface area (Å²) in [5.74, 6) is -4.40. The van der Waals surface area contributed by atoms with Crippen LogP contribution in [0.25, 0.3) is 6.08 Å². The Hall–Kier alpha value is -5.27. The number of rotatable bonds is 17. The number of piperidine rings is 1. The Morgan fingerprint density at radius 1 is 1.05 bits per heavy atom. The molecule has 5 rings (SSSR count). The number of likely N-dealkylation sites (tertiary alicyclic amines) is 1. The van der Waals surface area contributed by atoms with Crippen LogP contribution in [0.2, 0.25) is 0 Å². The van der Waals surface area contributed by atoms with Crippen molar-refractivity contribution in [3.63, 3.8) is 0 Å². The lowest BCUT2D eigenvalue weighted by molar-refractivity contribution is -0.172. The first-order valence-corrected chi connectivity index (χ1v) is 21.6. The summed E-state index contributed by atoms with van der Waals surface area (Å²) in [6.07, 6.45) is 5.32. The second-order valence-electron chi connectivity index (χ2n) is 14.2. The molecule has 0 saturated carbocycles. The van der Waals surface area contributed by atoms with E-state index in [1.165, 1.54) is 59.1 Å². The number of benzene rings is 2. The third-order valence-electron chi connectivity index (χ3n) is 9.76. The lowest BCUT2D eigenvalue weighted by atomic mass is 9.89. The third kappa shape index (κ3) is 13.9. The van der Waals surface area contributed by atoms with Gasteiger partial charge in [0.2, 0.25) is 12.2 Å². The molecule has 2 aromatic carbocycles. The van der Waals surface area contributed by atoms with E-state index in [0.29, 0.717) is 18.9 Å². The predicted molar refractivity (Wildman–Crippen MR) is 212 cm³/mol. The van der Waals surface area contributed by atoms with Gasteiger partial charge in [-0.1, -0.05) is 24.3 Å². The van der Waals surface area contributed by atoms with Gasteiger partial charge in [0.25, 0.3) is 10.1 Å². The van der Waals surface area contributed by atoms with Gasteiger partial charge in [-0.3, -0.25) is 14.1 Å². The highest BCUT2D eigenvalue weighted by Crippen LogP contribution is 2.42. The molecule has 3 aromatic rings. The fourth-order valence-corrected chi connectivity index (χ4v) is 9.01. The zero-order valence-electron chi connectivity index (χ0n) is 33.1. The Bertz CT molecular complexity index is 2210. The van der Waals surface area contributed by atoms with Crippen molar-refractivity contribution in [2.75, 3.05) is 32.1 Å². The van der Waals surface area contributed by atoms with Crippen LogP contribution in [0.3, 0.4) is 0 Å². The normalized spacial score (nSPS) is 19.5. The van der Waals surface area contributed by atoms with Crippen molar-refractivity contribution in [2.45, 2.75) is 74.8 Å². The van der Waals surface area contributed by atoms with Crippen LogP contribution in [0.5, 0.6) is 0 Å². The average molecular weight is 892 g/mol. The summed E-state index contributed by atoms with van der Waals surface area (Å²) in [5.41, 5.74) is -1.70. The molecular weight excluding hydrogens is 848 g/mol. The topological polar surface area (TPSA) is 209 Å². The Kier molecular flexibility index (Phi) is 16.5. The summed E-state index contributed by atoms with van der Waals surface area (Å²) in [4.78, 5) is 44.3. The first-order valence-electron chi connectivity index (χ1n) is 19.1. The molecule has 2 aliphatic rings. The van der Waals surface area contributed by atoms with E-state index in [2.05, 4.69) is 10.1 Å². The maximum atomic E-state index is 15.8. The van der Waals surface area contributed by atoms with Crippen molar-refractivity contribution in [3.8, 4) is 6.07 Å². The number of halogens is 3. The SMILES string of the molecule is CC(OC(=O)CCC(=O)N1CCC(CS(=O)(=O)O)CC1)OC(=O)OC(Cn1cncn1)(c1ccc(F)cc1F)C(C)SC1COC(C=CC=Cc2ccc(C#N)cc2F)OC1. The fourth-order valence-electron chi connectivity index (χ4n) is 6.72. The van der Waals surface area contributed by atoms with Crippen molar-refractivity contribution in [3.05, 3.63) is 101 Å². The van der Waals surface area contributed by atoms with Gasteiger partial charge in [0.05, 0.1) is 48.8 Å². The van der Waals surface area contributed by atoms with Gasteiger partial charge in [0, 0.05) is 48.9 Å². The summed E-state index contributed by atoms with van der Waals surface area (Å²) < 4.78 is 105. The largest absolute Gasteiger partial charge is 0.512 e. The molecule has 61 heavy (non-hydrogen) atoms. The summed E-state index contributed by atoms with van der Waals surface area (Å²) in [5, 5.41) is 11.8. The number of carbonyl (C=O) groups is 3. The van der Waals surface area contributed by atoms with Crippen LogP contribution < -0.4 is 0 Å². The molecule has 3 heterocycles. The van der Waals surface area contributed by atoms with Gasteiger partial charge in [-0.2, -0.15) is 18.8 Å². The van der Waals surface area contributed by atoms with E-state index in [1.54, 1.807) is 25.2 Å². The van der Waals surface area contributed by atoms with Gasteiger partial charge in [-0.25, -0.2) is 27.6 Å². The van der Waals surface area contributed by atoms with Crippen molar-refractivity contribution in [1.82, 2.24) is 19.7 Å². The minimum absolute atomic E-state index is 0.134. The summed E-state index contributed by atoms with van der Waals surface area (Å²) in [6.45, 7) is 3.34. The molecule has 328 valence electrons. The summed E-state index contributed by atoms with van der Waals surface area (Å²) in [6, 6.07) is 8.77. The summed E-state index contributed by atoms with van der Waals surface area (Å²) >= 11 is 1.22. The van der Waals surface area contributed by atoms with Crippen molar-refractivity contribution < 1.29 is 64.2 Å². The number of amides is 1. The van der Waals surface area contributed by atoms with Crippen LogP contribution in [0.15, 0.2) is 67.3 Å². The molecule has 0 spiro atoms. The number of allylic oxidation sites excluding steroid dienone is 2. The smallest absolute Gasteiger partial charge is 0.425 e. The van der Waals surface area contributed by atoms with Crippen LogP contribution in [-0.2, 0) is 55.5 Å². The average Bonchev–Trinajstić information content (AvgIpc) is 3.72. The van der Waals surface area contributed by atoms with E-state index in [4.69, 9.17) is 33.5 Å². The fraction of sp³-hybridized carbons (Fsp3) is 0.450.